The highest BCUT2D eigenvalue weighted by atomic mass is 16.5. The summed E-state index contributed by atoms with van der Waals surface area (Å²) in [6, 6.07) is 0. The molecule has 1 saturated heterocycles. The van der Waals surface area contributed by atoms with Crippen LogP contribution in [0.5, 0.6) is 0 Å². The normalized spacial score (nSPS) is 19.5. The van der Waals surface area contributed by atoms with Crippen LogP contribution in [0.4, 0.5) is 0 Å². The number of methoxy groups -OCH3 is 1. The van der Waals surface area contributed by atoms with Crippen LogP contribution < -0.4 is 5.32 Å². The summed E-state index contributed by atoms with van der Waals surface area (Å²) < 4.78 is 5.04. The number of unbranched alkanes of at least 4 members (excludes halogenated alkanes) is 1. The highest BCUT2D eigenvalue weighted by Gasteiger charge is 2.06. The van der Waals surface area contributed by atoms with Crippen LogP contribution in [0.2, 0.25) is 0 Å². The molecule has 0 amide bonds. The molecule has 96 valence electrons. The Hall–Kier alpha value is -1.02. The van der Waals surface area contributed by atoms with Crippen LogP contribution in [0.25, 0.3) is 0 Å². The van der Waals surface area contributed by atoms with Crippen LogP contribution in [0.15, 0.2) is 35.6 Å². The summed E-state index contributed by atoms with van der Waals surface area (Å²) in [6.45, 7) is 8.17. The maximum Gasteiger partial charge on any atom is 0.0462 e. The third-order valence-corrected chi connectivity index (χ3v) is 3.09. The lowest BCUT2D eigenvalue weighted by Gasteiger charge is -2.18. The van der Waals surface area contributed by atoms with Crippen molar-refractivity contribution >= 4 is 0 Å². The van der Waals surface area contributed by atoms with Crippen molar-refractivity contribution in [3.8, 4) is 0 Å². The van der Waals surface area contributed by atoms with Crippen LogP contribution in [0, 0.1) is 0 Å². The van der Waals surface area contributed by atoms with E-state index >= 15 is 0 Å². The van der Waals surface area contributed by atoms with Crippen LogP contribution in [-0.4, -0.2) is 20.3 Å². The van der Waals surface area contributed by atoms with Crippen molar-refractivity contribution in [3.05, 3.63) is 35.6 Å². The quantitative estimate of drug-likeness (QED) is 0.711. The van der Waals surface area contributed by atoms with Crippen molar-refractivity contribution in [3.63, 3.8) is 0 Å². The van der Waals surface area contributed by atoms with E-state index in [1.807, 2.05) is 0 Å². The topological polar surface area (TPSA) is 21.3 Å². The molecule has 2 heteroatoms. The average molecular weight is 235 g/mol. The summed E-state index contributed by atoms with van der Waals surface area (Å²) in [6.07, 6.45) is 10.3. The number of allylic oxidation sites excluding steroid dienone is 4. The lowest BCUT2D eigenvalue weighted by Crippen LogP contribution is -2.20. The molecule has 0 unspecified atom stereocenters. The molecule has 0 aromatic rings. The SMILES string of the molecule is C=C1NCCC/C1=C/C=C(\C)CCCCOC. The van der Waals surface area contributed by atoms with Gasteiger partial charge in [-0.3, -0.25) is 0 Å². The van der Waals surface area contributed by atoms with Crippen LogP contribution >= 0.6 is 0 Å². The number of piperidine rings is 1. The Morgan fingerprint density at radius 1 is 1.47 bits per heavy atom. The van der Waals surface area contributed by atoms with Gasteiger partial charge >= 0.3 is 0 Å². The number of hydrogen-bond acceptors (Lipinski definition) is 2. The zero-order valence-electron chi connectivity index (χ0n) is 11.2. The lowest BCUT2D eigenvalue weighted by atomic mass is 10.0. The second-order valence-electron chi connectivity index (χ2n) is 4.66. The summed E-state index contributed by atoms with van der Waals surface area (Å²) in [5.41, 5.74) is 3.89. The van der Waals surface area contributed by atoms with Gasteiger partial charge in [-0.1, -0.05) is 24.3 Å². The largest absolute Gasteiger partial charge is 0.385 e. The second-order valence-corrected chi connectivity index (χ2v) is 4.66. The molecule has 0 aromatic carbocycles. The van der Waals surface area contributed by atoms with E-state index in [0.29, 0.717) is 0 Å². The summed E-state index contributed by atoms with van der Waals surface area (Å²) in [7, 11) is 1.76. The highest BCUT2D eigenvalue weighted by molar-refractivity contribution is 5.32. The van der Waals surface area contributed by atoms with E-state index in [9.17, 15) is 0 Å². The molecule has 1 fully saturated rings. The molecule has 0 bridgehead atoms. The molecule has 1 rings (SSSR count). The van der Waals surface area contributed by atoms with Gasteiger partial charge in [0.1, 0.15) is 0 Å². The van der Waals surface area contributed by atoms with E-state index in [1.165, 1.54) is 24.0 Å². The molecule has 17 heavy (non-hydrogen) atoms. The summed E-state index contributed by atoms with van der Waals surface area (Å²) >= 11 is 0. The molecule has 1 heterocycles. The summed E-state index contributed by atoms with van der Waals surface area (Å²) in [4.78, 5) is 0. The first-order valence-electron chi connectivity index (χ1n) is 6.52. The summed E-state index contributed by atoms with van der Waals surface area (Å²) in [5.74, 6) is 0. The summed E-state index contributed by atoms with van der Waals surface area (Å²) in [5, 5.41) is 3.31. The fourth-order valence-electron chi connectivity index (χ4n) is 1.94. The maximum absolute atomic E-state index is 5.04. The van der Waals surface area contributed by atoms with Crippen molar-refractivity contribution in [1.82, 2.24) is 5.32 Å². The molecule has 0 aliphatic carbocycles. The highest BCUT2D eigenvalue weighted by Crippen LogP contribution is 2.17. The number of hydrogen-bond donors (Lipinski definition) is 1. The van der Waals surface area contributed by atoms with E-state index in [1.54, 1.807) is 7.11 Å². The minimum atomic E-state index is 0.870. The third kappa shape index (κ3) is 5.73. The number of ether oxygens (including phenoxy) is 1. The van der Waals surface area contributed by atoms with Gasteiger partial charge in [0, 0.05) is 26.0 Å². The molecule has 1 aliphatic rings. The molecule has 0 radical (unpaired) electrons. The second kappa shape index (κ2) is 8.13. The van der Waals surface area contributed by atoms with E-state index < -0.39 is 0 Å². The zero-order valence-corrected chi connectivity index (χ0v) is 11.2. The minimum Gasteiger partial charge on any atom is -0.385 e. The molecule has 0 aromatic heterocycles. The van der Waals surface area contributed by atoms with Gasteiger partial charge in [-0.2, -0.15) is 0 Å². The Balaban J connectivity index is 2.34. The Kier molecular flexibility index (Phi) is 6.71. The molecule has 0 saturated carbocycles. The van der Waals surface area contributed by atoms with Gasteiger partial charge in [0.25, 0.3) is 0 Å². The van der Waals surface area contributed by atoms with E-state index in [0.717, 1.165) is 38.1 Å². The van der Waals surface area contributed by atoms with E-state index in [-0.39, 0.29) is 0 Å². The lowest BCUT2D eigenvalue weighted by molar-refractivity contribution is 0.193. The monoisotopic (exact) mass is 235 g/mol. The minimum absolute atomic E-state index is 0.870. The van der Waals surface area contributed by atoms with Gasteiger partial charge in [-0.25, -0.2) is 0 Å². The van der Waals surface area contributed by atoms with Crippen molar-refractivity contribution < 1.29 is 4.74 Å². The Bertz CT molecular complexity index is 302. The van der Waals surface area contributed by atoms with Crippen molar-refractivity contribution in [2.45, 2.75) is 39.0 Å². The van der Waals surface area contributed by atoms with E-state index in [4.69, 9.17) is 4.74 Å². The van der Waals surface area contributed by atoms with E-state index in [2.05, 4.69) is 31.0 Å². The Labute approximate surface area is 105 Å². The fourth-order valence-corrected chi connectivity index (χ4v) is 1.94. The number of rotatable bonds is 6. The fraction of sp³-hybridized carbons (Fsp3) is 0.600. The van der Waals surface area contributed by atoms with Gasteiger partial charge in [-0.05, 0) is 44.6 Å². The van der Waals surface area contributed by atoms with Gasteiger partial charge in [-0.15, -0.1) is 0 Å². The predicted molar refractivity (Wildman–Crippen MR) is 73.9 cm³/mol. The first-order chi connectivity index (χ1) is 8.24. The van der Waals surface area contributed by atoms with Gasteiger partial charge in [0.05, 0.1) is 0 Å². The molecule has 2 nitrogen and oxygen atoms in total. The molecule has 1 N–H and O–H groups in total. The van der Waals surface area contributed by atoms with Crippen molar-refractivity contribution in [2.75, 3.05) is 20.3 Å². The maximum atomic E-state index is 5.04. The van der Waals surface area contributed by atoms with Gasteiger partial charge in [0.2, 0.25) is 0 Å². The van der Waals surface area contributed by atoms with Crippen LogP contribution in [0.1, 0.15) is 39.0 Å². The zero-order chi connectivity index (χ0) is 12.5. The molecule has 0 spiro atoms. The van der Waals surface area contributed by atoms with Gasteiger partial charge in [0.15, 0.2) is 0 Å². The average Bonchev–Trinajstić information content (AvgIpc) is 2.34. The molecular weight excluding hydrogens is 210 g/mol. The third-order valence-electron chi connectivity index (χ3n) is 3.09. The van der Waals surface area contributed by atoms with Crippen LogP contribution in [-0.2, 0) is 4.74 Å². The molecular formula is C15H25NO. The van der Waals surface area contributed by atoms with Crippen molar-refractivity contribution in [1.29, 1.82) is 0 Å². The standard InChI is InChI=1S/C15H25NO/c1-13(7-4-5-12-17-3)9-10-15-8-6-11-16-14(15)2/h9-10,16H,2,4-8,11-12H2,1,3H3/b13-9+,15-10-. The number of nitrogens with one attached hydrogen (secondary N) is 1. The Morgan fingerprint density at radius 3 is 3.00 bits per heavy atom. The molecule has 1 aliphatic heterocycles. The molecule has 0 atom stereocenters. The first kappa shape index (κ1) is 14.0. The Morgan fingerprint density at radius 2 is 2.29 bits per heavy atom. The smallest absolute Gasteiger partial charge is 0.0462 e. The first-order valence-corrected chi connectivity index (χ1v) is 6.52. The predicted octanol–water partition coefficient (Wildman–Crippen LogP) is 3.57. The van der Waals surface area contributed by atoms with Crippen LogP contribution in [0.3, 0.4) is 0 Å². The van der Waals surface area contributed by atoms with Crippen molar-refractivity contribution in [2.24, 2.45) is 0 Å². The van der Waals surface area contributed by atoms with Gasteiger partial charge < -0.3 is 10.1 Å².